The average molecular weight is 271 g/mol. The van der Waals surface area contributed by atoms with Crippen molar-refractivity contribution in [3.8, 4) is 0 Å². The average Bonchev–Trinajstić information content (AvgIpc) is 2.74. The summed E-state index contributed by atoms with van der Waals surface area (Å²) in [6, 6.07) is 8.71. The molecule has 3 unspecified atom stereocenters. The zero-order valence-electron chi connectivity index (χ0n) is 12.9. The largest absolute Gasteiger partial charge is 0.331 e. The van der Waals surface area contributed by atoms with Crippen molar-refractivity contribution in [3.63, 3.8) is 0 Å². The molecule has 0 aliphatic heterocycles. The Morgan fingerprint density at radius 3 is 2.65 bits per heavy atom. The Kier molecular flexibility index (Phi) is 3.13. The molecule has 1 aromatic carbocycles. The van der Waals surface area contributed by atoms with Gasteiger partial charge < -0.3 is 10.3 Å². The van der Waals surface area contributed by atoms with Gasteiger partial charge in [-0.05, 0) is 36.3 Å². The first kappa shape index (κ1) is 13.6. The van der Waals surface area contributed by atoms with E-state index in [9.17, 15) is 0 Å². The van der Waals surface area contributed by atoms with Gasteiger partial charge in [-0.3, -0.25) is 0 Å². The highest BCUT2D eigenvalue weighted by atomic mass is 15.1. The van der Waals surface area contributed by atoms with Gasteiger partial charge in [-0.25, -0.2) is 4.98 Å². The van der Waals surface area contributed by atoms with E-state index in [1.54, 1.807) is 0 Å². The van der Waals surface area contributed by atoms with Gasteiger partial charge in [-0.1, -0.05) is 32.9 Å². The van der Waals surface area contributed by atoms with E-state index in [0.717, 1.165) is 18.4 Å². The second-order valence-corrected chi connectivity index (χ2v) is 6.92. The molecule has 20 heavy (non-hydrogen) atoms. The molecule has 0 radical (unpaired) electrons. The van der Waals surface area contributed by atoms with Gasteiger partial charge in [0.25, 0.3) is 0 Å². The number of nitrogens with zero attached hydrogens (tertiary/aromatic N) is 2. The van der Waals surface area contributed by atoms with Gasteiger partial charge in [0.15, 0.2) is 0 Å². The molecular weight excluding hydrogens is 246 g/mol. The SMILES string of the molecule is CC1C(N)CCC(c2nc3ccccc3n2C)C1(C)C. The maximum Gasteiger partial charge on any atom is 0.113 e. The third-order valence-corrected chi connectivity index (χ3v) is 5.64. The molecule has 0 saturated heterocycles. The molecule has 1 saturated carbocycles. The summed E-state index contributed by atoms with van der Waals surface area (Å²) in [5.74, 6) is 2.21. The van der Waals surface area contributed by atoms with Gasteiger partial charge in [-0.2, -0.15) is 0 Å². The molecule has 1 fully saturated rings. The van der Waals surface area contributed by atoms with E-state index in [1.807, 2.05) is 0 Å². The number of hydrogen-bond acceptors (Lipinski definition) is 2. The Morgan fingerprint density at radius 1 is 1.25 bits per heavy atom. The summed E-state index contributed by atoms with van der Waals surface area (Å²) in [4.78, 5) is 4.91. The van der Waals surface area contributed by atoms with E-state index in [2.05, 4.69) is 56.7 Å². The van der Waals surface area contributed by atoms with Crippen LogP contribution in [-0.2, 0) is 7.05 Å². The number of fused-ring (bicyclic) bond motifs is 1. The number of aryl methyl sites for hydroxylation is 1. The maximum atomic E-state index is 6.28. The lowest BCUT2D eigenvalue weighted by Gasteiger charge is -2.46. The van der Waals surface area contributed by atoms with Crippen LogP contribution in [0.3, 0.4) is 0 Å². The quantitative estimate of drug-likeness (QED) is 0.863. The number of hydrogen-bond donors (Lipinski definition) is 1. The van der Waals surface area contributed by atoms with Crippen LogP contribution in [0.15, 0.2) is 24.3 Å². The van der Waals surface area contributed by atoms with Gasteiger partial charge in [0, 0.05) is 19.0 Å². The second-order valence-electron chi connectivity index (χ2n) is 6.92. The van der Waals surface area contributed by atoms with Crippen LogP contribution in [0.5, 0.6) is 0 Å². The van der Waals surface area contributed by atoms with Crippen LogP contribution in [0.1, 0.15) is 45.4 Å². The molecule has 1 aliphatic rings. The molecule has 3 nitrogen and oxygen atoms in total. The minimum Gasteiger partial charge on any atom is -0.331 e. The van der Waals surface area contributed by atoms with E-state index < -0.39 is 0 Å². The van der Waals surface area contributed by atoms with Crippen molar-refractivity contribution >= 4 is 11.0 Å². The van der Waals surface area contributed by atoms with Crippen LogP contribution in [0, 0.1) is 11.3 Å². The number of para-hydroxylation sites is 2. The first-order valence-electron chi connectivity index (χ1n) is 7.60. The number of rotatable bonds is 1. The van der Waals surface area contributed by atoms with Crippen molar-refractivity contribution < 1.29 is 0 Å². The summed E-state index contributed by atoms with van der Waals surface area (Å²) in [7, 11) is 2.14. The van der Waals surface area contributed by atoms with Crippen molar-refractivity contribution in [3.05, 3.63) is 30.1 Å². The third kappa shape index (κ3) is 1.87. The van der Waals surface area contributed by atoms with E-state index in [0.29, 0.717) is 17.9 Å². The van der Waals surface area contributed by atoms with Crippen molar-refractivity contribution in [2.45, 2.75) is 45.6 Å². The number of nitrogens with two attached hydrogens (primary N) is 1. The minimum absolute atomic E-state index is 0.187. The Labute approximate surface area is 121 Å². The first-order valence-corrected chi connectivity index (χ1v) is 7.60. The van der Waals surface area contributed by atoms with Crippen LogP contribution in [-0.4, -0.2) is 15.6 Å². The molecule has 1 heterocycles. The highest BCUT2D eigenvalue weighted by Crippen LogP contribution is 2.49. The normalized spacial score (nSPS) is 29.8. The molecular formula is C17H25N3. The van der Waals surface area contributed by atoms with Crippen LogP contribution >= 0.6 is 0 Å². The summed E-state index contributed by atoms with van der Waals surface area (Å²) in [5.41, 5.74) is 8.79. The highest BCUT2D eigenvalue weighted by molar-refractivity contribution is 5.75. The molecule has 2 N–H and O–H groups in total. The van der Waals surface area contributed by atoms with Gasteiger partial charge in [0.05, 0.1) is 11.0 Å². The minimum atomic E-state index is 0.187. The molecule has 3 heteroatoms. The second kappa shape index (κ2) is 4.59. The lowest BCUT2D eigenvalue weighted by molar-refractivity contribution is 0.0936. The lowest BCUT2D eigenvalue weighted by Crippen LogP contribution is -2.46. The molecule has 0 spiro atoms. The predicted octanol–water partition coefficient (Wildman–Crippen LogP) is 3.44. The first-order chi connectivity index (χ1) is 9.43. The molecule has 0 bridgehead atoms. The van der Waals surface area contributed by atoms with Crippen molar-refractivity contribution in [2.75, 3.05) is 0 Å². The standard InChI is InChI=1S/C17H25N3/c1-11-13(18)10-9-12(17(11,2)3)16-19-14-7-5-6-8-15(14)20(16)4/h5-8,11-13H,9-10,18H2,1-4H3. The Bertz CT molecular complexity index is 626. The Morgan fingerprint density at radius 2 is 1.95 bits per heavy atom. The number of benzene rings is 1. The fourth-order valence-corrected chi connectivity index (χ4v) is 3.79. The maximum absolute atomic E-state index is 6.28. The van der Waals surface area contributed by atoms with E-state index in [4.69, 9.17) is 10.7 Å². The van der Waals surface area contributed by atoms with Crippen LogP contribution in [0.2, 0.25) is 0 Å². The van der Waals surface area contributed by atoms with Gasteiger partial charge in [-0.15, -0.1) is 0 Å². The number of imidazole rings is 1. The number of aromatic nitrogens is 2. The predicted molar refractivity (Wildman–Crippen MR) is 83.6 cm³/mol. The van der Waals surface area contributed by atoms with Crippen molar-refractivity contribution in [1.29, 1.82) is 0 Å². The molecule has 1 aliphatic carbocycles. The molecule has 108 valence electrons. The monoisotopic (exact) mass is 271 g/mol. The zero-order valence-corrected chi connectivity index (χ0v) is 12.9. The van der Waals surface area contributed by atoms with E-state index in [1.165, 1.54) is 11.3 Å². The van der Waals surface area contributed by atoms with E-state index in [-0.39, 0.29) is 5.41 Å². The fraction of sp³-hybridized carbons (Fsp3) is 0.588. The molecule has 0 amide bonds. The summed E-state index contributed by atoms with van der Waals surface area (Å²) >= 11 is 0. The Balaban J connectivity index is 2.08. The molecule has 3 atom stereocenters. The van der Waals surface area contributed by atoms with Crippen molar-refractivity contribution in [2.24, 2.45) is 24.1 Å². The van der Waals surface area contributed by atoms with Gasteiger partial charge in [0.1, 0.15) is 5.82 Å². The van der Waals surface area contributed by atoms with Gasteiger partial charge >= 0.3 is 0 Å². The molecule has 3 rings (SSSR count). The van der Waals surface area contributed by atoms with Gasteiger partial charge in [0.2, 0.25) is 0 Å². The smallest absolute Gasteiger partial charge is 0.113 e. The topological polar surface area (TPSA) is 43.8 Å². The lowest BCUT2D eigenvalue weighted by atomic mass is 9.61. The molecule has 1 aromatic heterocycles. The fourth-order valence-electron chi connectivity index (χ4n) is 3.79. The van der Waals surface area contributed by atoms with Crippen LogP contribution in [0.25, 0.3) is 11.0 Å². The van der Waals surface area contributed by atoms with E-state index >= 15 is 0 Å². The van der Waals surface area contributed by atoms with Crippen molar-refractivity contribution in [1.82, 2.24) is 9.55 Å². The van der Waals surface area contributed by atoms with Crippen LogP contribution < -0.4 is 5.73 Å². The highest BCUT2D eigenvalue weighted by Gasteiger charge is 2.44. The zero-order chi connectivity index (χ0) is 14.5. The van der Waals surface area contributed by atoms with Crippen LogP contribution in [0.4, 0.5) is 0 Å². The Hall–Kier alpha value is -1.35. The molecule has 2 aromatic rings. The third-order valence-electron chi connectivity index (χ3n) is 5.64. The summed E-state index contributed by atoms with van der Waals surface area (Å²) in [6.07, 6.45) is 2.23. The summed E-state index contributed by atoms with van der Waals surface area (Å²) in [5, 5.41) is 0. The summed E-state index contributed by atoms with van der Waals surface area (Å²) < 4.78 is 2.27. The summed E-state index contributed by atoms with van der Waals surface area (Å²) in [6.45, 7) is 6.99.